The van der Waals surface area contributed by atoms with Crippen molar-refractivity contribution in [1.29, 1.82) is 0 Å². The summed E-state index contributed by atoms with van der Waals surface area (Å²) in [4.78, 5) is 27.0. The van der Waals surface area contributed by atoms with Crippen LogP contribution in [0.4, 0.5) is 10.5 Å². The first kappa shape index (κ1) is 29.3. The molecular weight excluding hydrogens is 572 g/mol. The summed E-state index contributed by atoms with van der Waals surface area (Å²) in [6.45, 7) is -0.455. The number of carbonyl (C=O) groups excluding carboxylic acids is 1. The highest BCUT2D eigenvalue weighted by Crippen LogP contribution is 2.32. The average Bonchev–Trinajstić information content (AvgIpc) is 3.39. The number of sulfonamides is 1. The number of nitrogens with zero attached hydrogens (tertiary/aromatic N) is 2. The number of carboxylic acid groups (broad SMARTS) is 1. The second-order valence-electron chi connectivity index (χ2n) is 8.68. The van der Waals surface area contributed by atoms with Crippen LogP contribution >= 0.6 is 11.3 Å². The Hall–Kier alpha value is -4.73. The van der Waals surface area contributed by atoms with Crippen molar-refractivity contribution in [2.45, 2.75) is 17.4 Å². The Balaban J connectivity index is 1.62. The van der Waals surface area contributed by atoms with Gasteiger partial charge < -0.3 is 31.4 Å². The number of carbonyl (C=O) groups is 2. The van der Waals surface area contributed by atoms with Crippen LogP contribution < -0.4 is 25.8 Å². The fourth-order valence-electron chi connectivity index (χ4n) is 3.86. The minimum atomic E-state index is -4.08. The fourth-order valence-corrected chi connectivity index (χ4v) is 6.18. The van der Waals surface area contributed by atoms with Gasteiger partial charge in [0.15, 0.2) is 5.84 Å². The topological polar surface area (TPSA) is 205 Å². The third-order valence-electron chi connectivity index (χ3n) is 5.83. The molecule has 4 rings (SSSR count). The molecule has 4 aromatic rings. The molecule has 3 aromatic carbocycles. The number of benzene rings is 3. The van der Waals surface area contributed by atoms with Crippen LogP contribution in [0.5, 0.6) is 5.75 Å². The number of fused-ring (bicyclic) bond motifs is 1. The molecule has 15 heteroatoms. The van der Waals surface area contributed by atoms with Crippen LogP contribution in [0.25, 0.3) is 10.2 Å². The molecule has 0 radical (unpaired) electrons. The number of oxime groups is 1. The molecular formula is C26H26N6O7S2. The summed E-state index contributed by atoms with van der Waals surface area (Å²) in [5.74, 6) is -0.0491. The van der Waals surface area contributed by atoms with Crippen LogP contribution in [0.3, 0.4) is 0 Å². The molecule has 1 aromatic heterocycles. The summed E-state index contributed by atoms with van der Waals surface area (Å²) >= 11 is 1.32. The third-order valence-corrected chi connectivity index (χ3v) is 8.45. The Morgan fingerprint density at radius 3 is 2.56 bits per heavy atom. The molecule has 0 spiro atoms. The van der Waals surface area contributed by atoms with Gasteiger partial charge in [0.1, 0.15) is 17.3 Å². The molecule has 13 nitrogen and oxygen atoms in total. The van der Waals surface area contributed by atoms with Gasteiger partial charge in [-0.05, 0) is 60.5 Å². The van der Waals surface area contributed by atoms with Crippen molar-refractivity contribution >= 4 is 55.1 Å². The molecule has 0 bridgehead atoms. The van der Waals surface area contributed by atoms with E-state index >= 15 is 0 Å². The Morgan fingerprint density at radius 2 is 1.88 bits per heavy atom. The molecule has 214 valence electrons. The van der Waals surface area contributed by atoms with Gasteiger partial charge in [-0.3, -0.25) is 4.79 Å². The van der Waals surface area contributed by atoms with Crippen LogP contribution in [-0.4, -0.2) is 55.2 Å². The van der Waals surface area contributed by atoms with Gasteiger partial charge in [0.05, 0.1) is 28.3 Å². The minimum Gasteiger partial charge on any atom is -0.497 e. The van der Waals surface area contributed by atoms with Crippen LogP contribution in [0, 0.1) is 0 Å². The number of methoxy groups -OCH3 is 1. The van der Waals surface area contributed by atoms with Crippen molar-refractivity contribution in [2.24, 2.45) is 10.9 Å². The zero-order valence-corrected chi connectivity index (χ0v) is 23.2. The van der Waals surface area contributed by atoms with Gasteiger partial charge in [-0.1, -0.05) is 23.4 Å². The quantitative estimate of drug-likeness (QED) is 0.0649. The average molecular weight is 599 g/mol. The highest BCUT2D eigenvalue weighted by Gasteiger charge is 2.25. The summed E-state index contributed by atoms with van der Waals surface area (Å²) in [6, 6.07) is 16.9. The second kappa shape index (κ2) is 12.6. The van der Waals surface area contributed by atoms with Gasteiger partial charge in [-0.15, -0.1) is 11.3 Å². The maximum atomic E-state index is 13.5. The minimum absolute atomic E-state index is 0.0580. The zero-order chi connectivity index (χ0) is 29.6. The normalized spacial score (nSPS) is 12.6. The van der Waals surface area contributed by atoms with E-state index < -0.39 is 34.6 Å². The SMILES string of the molecule is COc1ccc2nc(C(Cc3cccc(/C(N)=N\O)c3)NS(=O)(=O)c3ccc(NC(=O)CNC(=O)O)cc3)sc2c1. The van der Waals surface area contributed by atoms with Crippen molar-refractivity contribution in [2.75, 3.05) is 19.0 Å². The summed E-state index contributed by atoms with van der Waals surface area (Å²) in [5, 5.41) is 25.7. The number of nitrogens with one attached hydrogen (secondary N) is 3. The van der Waals surface area contributed by atoms with Crippen molar-refractivity contribution in [3.05, 3.63) is 82.9 Å². The second-order valence-corrected chi connectivity index (χ2v) is 11.5. The molecule has 0 saturated carbocycles. The Bertz CT molecular complexity index is 1710. The first-order valence-electron chi connectivity index (χ1n) is 12.0. The van der Waals surface area contributed by atoms with Crippen molar-refractivity contribution in [1.82, 2.24) is 15.0 Å². The largest absolute Gasteiger partial charge is 0.497 e. The molecule has 2 amide bonds. The van der Waals surface area contributed by atoms with Crippen LogP contribution in [0.2, 0.25) is 0 Å². The van der Waals surface area contributed by atoms with E-state index in [1.54, 1.807) is 43.5 Å². The predicted octanol–water partition coefficient (Wildman–Crippen LogP) is 2.87. The van der Waals surface area contributed by atoms with E-state index in [4.69, 9.17) is 20.8 Å². The summed E-state index contributed by atoms with van der Waals surface area (Å²) in [7, 11) is -2.52. The van der Waals surface area contributed by atoms with Gasteiger partial charge in [-0.25, -0.2) is 22.9 Å². The van der Waals surface area contributed by atoms with E-state index in [9.17, 15) is 18.0 Å². The number of ether oxygens (including phenoxy) is 1. The van der Waals surface area contributed by atoms with Crippen molar-refractivity contribution in [3.63, 3.8) is 0 Å². The Labute approximate surface area is 238 Å². The van der Waals surface area contributed by atoms with Gasteiger partial charge in [0.2, 0.25) is 15.9 Å². The summed E-state index contributed by atoms with van der Waals surface area (Å²) < 4.78 is 35.8. The molecule has 0 saturated heterocycles. The number of thiazole rings is 1. The van der Waals surface area contributed by atoms with Crippen molar-refractivity contribution in [3.8, 4) is 5.75 Å². The molecule has 0 aliphatic heterocycles. The summed E-state index contributed by atoms with van der Waals surface area (Å²) in [6.07, 6.45) is -1.14. The predicted molar refractivity (Wildman–Crippen MR) is 153 cm³/mol. The first-order valence-corrected chi connectivity index (χ1v) is 14.3. The zero-order valence-electron chi connectivity index (χ0n) is 21.6. The van der Waals surface area contributed by atoms with E-state index in [1.807, 2.05) is 11.4 Å². The molecule has 7 N–H and O–H groups in total. The van der Waals surface area contributed by atoms with Crippen LogP contribution in [-0.2, 0) is 21.2 Å². The number of hydrogen-bond acceptors (Lipinski definition) is 9. The van der Waals surface area contributed by atoms with E-state index in [0.717, 1.165) is 4.70 Å². The maximum absolute atomic E-state index is 13.5. The van der Waals surface area contributed by atoms with Crippen LogP contribution in [0.1, 0.15) is 22.2 Å². The molecule has 0 aliphatic rings. The first-order chi connectivity index (χ1) is 19.6. The smallest absolute Gasteiger partial charge is 0.405 e. The number of aromatic nitrogens is 1. The molecule has 1 unspecified atom stereocenters. The highest BCUT2D eigenvalue weighted by molar-refractivity contribution is 7.89. The number of anilines is 1. The Morgan fingerprint density at radius 1 is 1.12 bits per heavy atom. The molecule has 0 aliphatic carbocycles. The molecule has 1 heterocycles. The van der Waals surface area contributed by atoms with E-state index in [-0.39, 0.29) is 22.8 Å². The Kier molecular flexibility index (Phi) is 9.01. The maximum Gasteiger partial charge on any atom is 0.405 e. The number of hydrogen-bond donors (Lipinski definition) is 6. The highest BCUT2D eigenvalue weighted by atomic mass is 32.2. The number of rotatable bonds is 11. The standard InChI is InChI=1S/C26H26N6O7S2/c1-39-18-7-10-20-22(13-18)40-25(30-20)21(12-15-3-2-4-16(11-15)24(27)31-36)32-41(37,38)19-8-5-17(6-9-19)29-23(33)14-28-26(34)35/h2-11,13,21,28,32,36H,12,14H2,1H3,(H2,27,31)(H,29,33)(H,34,35). The van der Waals surface area contributed by atoms with Gasteiger partial charge in [0, 0.05) is 11.3 Å². The monoisotopic (exact) mass is 598 g/mol. The number of amidine groups is 1. The van der Waals surface area contributed by atoms with E-state index in [0.29, 0.717) is 27.4 Å². The fraction of sp³-hybridized carbons (Fsp3) is 0.154. The lowest BCUT2D eigenvalue weighted by Gasteiger charge is -2.18. The number of nitrogens with two attached hydrogens (primary N) is 1. The third kappa shape index (κ3) is 7.47. The lowest BCUT2D eigenvalue weighted by atomic mass is 10.0. The summed E-state index contributed by atoms with van der Waals surface area (Å²) in [5.41, 5.74) is 7.90. The van der Waals surface area contributed by atoms with Gasteiger partial charge in [0.25, 0.3) is 0 Å². The number of amides is 2. The lowest BCUT2D eigenvalue weighted by Crippen LogP contribution is -2.31. The van der Waals surface area contributed by atoms with Gasteiger partial charge in [-0.2, -0.15) is 0 Å². The van der Waals surface area contributed by atoms with Crippen molar-refractivity contribution < 1.29 is 33.1 Å². The molecule has 1 atom stereocenters. The van der Waals surface area contributed by atoms with E-state index in [2.05, 4.69) is 20.2 Å². The molecule has 41 heavy (non-hydrogen) atoms. The molecule has 0 fully saturated rings. The van der Waals surface area contributed by atoms with E-state index in [1.165, 1.54) is 35.6 Å². The van der Waals surface area contributed by atoms with Crippen LogP contribution in [0.15, 0.2) is 76.8 Å². The van der Waals surface area contributed by atoms with Gasteiger partial charge >= 0.3 is 6.09 Å². The lowest BCUT2D eigenvalue weighted by molar-refractivity contribution is -0.115.